The molecule has 1 aromatic rings. The molecule has 1 aliphatic rings. The lowest BCUT2D eigenvalue weighted by atomic mass is 10.3. The number of nitrogens with zero attached hydrogens (tertiary/aromatic N) is 1. The van der Waals surface area contributed by atoms with Gasteiger partial charge in [0, 0.05) is 38.8 Å². The lowest BCUT2D eigenvalue weighted by molar-refractivity contribution is 0.191. The van der Waals surface area contributed by atoms with Crippen molar-refractivity contribution >= 4 is 23.2 Å². The highest BCUT2D eigenvalue weighted by atomic mass is 35.5. The highest BCUT2D eigenvalue weighted by molar-refractivity contribution is 6.42. The zero-order valence-corrected chi connectivity index (χ0v) is 11.1. The molecule has 0 atom stereocenters. The van der Waals surface area contributed by atoms with E-state index in [0.717, 1.165) is 38.5 Å². The number of halogens is 2. The Morgan fingerprint density at radius 3 is 2.65 bits per heavy atom. The molecule has 94 valence electrons. The maximum absolute atomic E-state index is 5.91. The second-order valence-electron chi connectivity index (χ2n) is 4.02. The minimum Gasteiger partial charge on any atom is -0.492 e. The Kier molecular flexibility index (Phi) is 4.92. The van der Waals surface area contributed by atoms with Gasteiger partial charge in [0.05, 0.1) is 10.0 Å². The van der Waals surface area contributed by atoms with E-state index in [4.69, 9.17) is 27.9 Å². The number of hydrogen-bond acceptors (Lipinski definition) is 3. The molecule has 1 N–H and O–H groups in total. The molecular formula is C12H16Cl2N2O. The smallest absolute Gasteiger partial charge is 0.120 e. The Hall–Kier alpha value is -0.480. The molecule has 0 bridgehead atoms. The Morgan fingerprint density at radius 1 is 1.18 bits per heavy atom. The first-order valence-corrected chi connectivity index (χ1v) is 6.52. The Bertz CT molecular complexity index is 368. The molecule has 0 aliphatic carbocycles. The van der Waals surface area contributed by atoms with Gasteiger partial charge in [-0.05, 0) is 12.1 Å². The van der Waals surface area contributed by atoms with Gasteiger partial charge in [0.15, 0.2) is 0 Å². The molecule has 0 radical (unpaired) electrons. The Labute approximate surface area is 112 Å². The van der Waals surface area contributed by atoms with Crippen molar-refractivity contribution in [2.45, 2.75) is 0 Å². The van der Waals surface area contributed by atoms with E-state index in [0.29, 0.717) is 16.7 Å². The fourth-order valence-corrected chi connectivity index (χ4v) is 2.08. The van der Waals surface area contributed by atoms with Gasteiger partial charge in [-0.15, -0.1) is 0 Å². The lowest BCUT2D eigenvalue weighted by Crippen LogP contribution is -2.44. The normalized spacial score (nSPS) is 17.1. The number of benzene rings is 1. The molecule has 0 saturated carbocycles. The summed E-state index contributed by atoms with van der Waals surface area (Å²) in [7, 11) is 0. The molecule has 1 fully saturated rings. The summed E-state index contributed by atoms with van der Waals surface area (Å²) in [5.74, 6) is 0.773. The van der Waals surface area contributed by atoms with Crippen LogP contribution in [-0.4, -0.2) is 44.2 Å². The number of ether oxygens (including phenoxy) is 1. The van der Waals surface area contributed by atoms with Crippen LogP contribution in [0.2, 0.25) is 10.0 Å². The van der Waals surface area contributed by atoms with Crippen LogP contribution in [0.4, 0.5) is 0 Å². The first-order valence-electron chi connectivity index (χ1n) is 5.76. The quantitative estimate of drug-likeness (QED) is 0.912. The van der Waals surface area contributed by atoms with Crippen molar-refractivity contribution in [3.05, 3.63) is 28.2 Å². The molecule has 0 spiro atoms. The molecule has 1 aliphatic heterocycles. The molecule has 3 nitrogen and oxygen atoms in total. The zero-order chi connectivity index (χ0) is 12.1. The van der Waals surface area contributed by atoms with Crippen LogP contribution in [0.15, 0.2) is 18.2 Å². The maximum atomic E-state index is 5.91. The molecule has 1 aromatic carbocycles. The summed E-state index contributed by atoms with van der Waals surface area (Å²) in [6, 6.07) is 5.34. The van der Waals surface area contributed by atoms with Gasteiger partial charge in [-0.2, -0.15) is 0 Å². The van der Waals surface area contributed by atoms with Gasteiger partial charge in [-0.25, -0.2) is 0 Å². The van der Waals surface area contributed by atoms with Crippen LogP contribution < -0.4 is 10.1 Å². The minimum atomic E-state index is 0.534. The fourth-order valence-electron chi connectivity index (χ4n) is 1.79. The van der Waals surface area contributed by atoms with Gasteiger partial charge in [0.2, 0.25) is 0 Å². The van der Waals surface area contributed by atoms with Crippen LogP contribution >= 0.6 is 23.2 Å². The van der Waals surface area contributed by atoms with Crippen molar-refractivity contribution in [3.63, 3.8) is 0 Å². The molecule has 0 aromatic heterocycles. The van der Waals surface area contributed by atoms with Gasteiger partial charge in [-0.3, -0.25) is 4.90 Å². The minimum absolute atomic E-state index is 0.534. The van der Waals surface area contributed by atoms with Crippen molar-refractivity contribution in [1.82, 2.24) is 10.2 Å². The van der Waals surface area contributed by atoms with Gasteiger partial charge in [0.25, 0.3) is 0 Å². The van der Waals surface area contributed by atoms with Crippen LogP contribution in [-0.2, 0) is 0 Å². The molecule has 1 saturated heterocycles. The molecule has 5 heteroatoms. The highest BCUT2D eigenvalue weighted by Crippen LogP contribution is 2.26. The van der Waals surface area contributed by atoms with E-state index in [1.807, 2.05) is 6.07 Å². The van der Waals surface area contributed by atoms with Crippen molar-refractivity contribution in [2.24, 2.45) is 0 Å². The molecule has 2 rings (SSSR count). The second kappa shape index (κ2) is 6.45. The van der Waals surface area contributed by atoms with E-state index in [-0.39, 0.29) is 0 Å². The largest absolute Gasteiger partial charge is 0.492 e. The zero-order valence-electron chi connectivity index (χ0n) is 9.59. The molecule has 0 unspecified atom stereocenters. The molecule has 17 heavy (non-hydrogen) atoms. The average Bonchev–Trinajstić information content (AvgIpc) is 2.35. The monoisotopic (exact) mass is 274 g/mol. The van der Waals surface area contributed by atoms with Crippen LogP contribution in [0.25, 0.3) is 0 Å². The predicted molar refractivity (Wildman–Crippen MR) is 71.3 cm³/mol. The lowest BCUT2D eigenvalue weighted by Gasteiger charge is -2.26. The summed E-state index contributed by atoms with van der Waals surface area (Å²) >= 11 is 11.7. The number of hydrogen-bond donors (Lipinski definition) is 1. The van der Waals surface area contributed by atoms with Crippen molar-refractivity contribution in [1.29, 1.82) is 0 Å². The Morgan fingerprint density at radius 2 is 1.94 bits per heavy atom. The second-order valence-corrected chi connectivity index (χ2v) is 4.83. The first kappa shape index (κ1) is 13.0. The van der Waals surface area contributed by atoms with E-state index < -0.39 is 0 Å². The summed E-state index contributed by atoms with van der Waals surface area (Å²) < 4.78 is 5.64. The predicted octanol–water partition coefficient (Wildman–Crippen LogP) is 2.28. The van der Waals surface area contributed by atoms with Gasteiger partial charge >= 0.3 is 0 Å². The van der Waals surface area contributed by atoms with Gasteiger partial charge in [-0.1, -0.05) is 23.2 Å². The summed E-state index contributed by atoms with van der Waals surface area (Å²) in [4.78, 5) is 2.38. The number of piperazine rings is 1. The van der Waals surface area contributed by atoms with Crippen molar-refractivity contribution < 1.29 is 4.74 Å². The number of nitrogens with one attached hydrogen (secondary N) is 1. The average molecular weight is 275 g/mol. The van der Waals surface area contributed by atoms with E-state index in [9.17, 15) is 0 Å². The highest BCUT2D eigenvalue weighted by Gasteiger charge is 2.09. The van der Waals surface area contributed by atoms with Crippen LogP contribution in [0.5, 0.6) is 5.75 Å². The standard InChI is InChI=1S/C12H16Cl2N2O/c13-11-2-1-10(9-12(11)14)17-8-7-16-5-3-15-4-6-16/h1-2,9,15H,3-8H2. The van der Waals surface area contributed by atoms with E-state index in [1.54, 1.807) is 12.1 Å². The van der Waals surface area contributed by atoms with Crippen LogP contribution in [0.3, 0.4) is 0 Å². The third-order valence-electron chi connectivity index (χ3n) is 2.78. The fraction of sp³-hybridized carbons (Fsp3) is 0.500. The van der Waals surface area contributed by atoms with Crippen LogP contribution in [0.1, 0.15) is 0 Å². The van der Waals surface area contributed by atoms with Crippen LogP contribution in [0, 0.1) is 0 Å². The number of rotatable bonds is 4. The summed E-state index contributed by atoms with van der Waals surface area (Å²) in [5.41, 5.74) is 0. The molecule has 0 amide bonds. The van der Waals surface area contributed by atoms with Gasteiger partial charge < -0.3 is 10.1 Å². The summed E-state index contributed by atoms with van der Waals surface area (Å²) in [6.45, 7) is 5.93. The summed E-state index contributed by atoms with van der Waals surface area (Å²) in [5, 5.41) is 4.41. The summed E-state index contributed by atoms with van der Waals surface area (Å²) in [6.07, 6.45) is 0. The van der Waals surface area contributed by atoms with Gasteiger partial charge in [0.1, 0.15) is 12.4 Å². The van der Waals surface area contributed by atoms with Crippen molar-refractivity contribution in [2.75, 3.05) is 39.3 Å². The SMILES string of the molecule is Clc1ccc(OCCN2CCNCC2)cc1Cl. The maximum Gasteiger partial charge on any atom is 0.120 e. The van der Waals surface area contributed by atoms with E-state index in [2.05, 4.69) is 10.2 Å². The molecular weight excluding hydrogens is 259 g/mol. The topological polar surface area (TPSA) is 24.5 Å². The molecule has 1 heterocycles. The Balaban J connectivity index is 1.75. The third-order valence-corrected chi connectivity index (χ3v) is 3.52. The third kappa shape index (κ3) is 4.03. The van der Waals surface area contributed by atoms with Crippen molar-refractivity contribution in [3.8, 4) is 5.75 Å². The first-order chi connectivity index (χ1) is 8.25. The van der Waals surface area contributed by atoms with E-state index in [1.165, 1.54) is 0 Å². The van der Waals surface area contributed by atoms with E-state index >= 15 is 0 Å².